The highest BCUT2D eigenvalue weighted by Crippen LogP contribution is 2.35. The summed E-state index contributed by atoms with van der Waals surface area (Å²) in [5.74, 6) is 1.41. The van der Waals surface area contributed by atoms with Gasteiger partial charge in [0.05, 0.1) is 23.4 Å². The molecule has 1 aromatic carbocycles. The Balaban J connectivity index is 1.50. The summed E-state index contributed by atoms with van der Waals surface area (Å²) in [4.78, 5) is 17.8. The molecular formula is C19H15N3O3S2. The quantitative estimate of drug-likeness (QED) is 0.665. The molecule has 3 aromatic rings. The molecule has 1 aliphatic rings. The maximum absolute atomic E-state index is 12.1. The molecule has 0 fully saturated rings. The van der Waals surface area contributed by atoms with Crippen molar-refractivity contribution in [1.82, 2.24) is 10.3 Å². The summed E-state index contributed by atoms with van der Waals surface area (Å²) in [6.07, 6.45) is 0. The second kappa shape index (κ2) is 7.86. The fourth-order valence-electron chi connectivity index (χ4n) is 2.67. The zero-order valence-electron chi connectivity index (χ0n) is 14.2. The fourth-order valence-corrected chi connectivity index (χ4v) is 4.10. The maximum atomic E-state index is 12.1. The molecular weight excluding hydrogens is 382 g/mol. The van der Waals surface area contributed by atoms with E-state index in [9.17, 15) is 10.1 Å². The summed E-state index contributed by atoms with van der Waals surface area (Å²) >= 11 is 2.85. The minimum Gasteiger partial charge on any atom is -0.486 e. The van der Waals surface area contributed by atoms with Crippen LogP contribution in [0.3, 0.4) is 0 Å². The molecule has 6 nitrogen and oxygen atoms in total. The van der Waals surface area contributed by atoms with Crippen LogP contribution in [0.15, 0.2) is 40.7 Å². The standard InChI is InChI=1S/C19H15N3O3S2/c20-9-13-6-12-7-16-17(25-4-3-24-16)8-15(12)22-19(13)27-11-18(23)21-10-14-2-1-5-26-14/h1-2,5-8H,3-4,10-11H2,(H,21,23). The van der Waals surface area contributed by atoms with Crippen molar-refractivity contribution in [2.45, 2.75) is 11.6 Å². The Labute approximate surface area is 164 Å². The predicted molar refractivity (Wildman–Crippen MR) is 104 cm³/mol. The number of hydrogen-bond acceptors (Lipinski definition) is 7. The van der Waals surface area contributed by atoms with Gasteiger partial charge in [-0.05, 0) is 23.6 Å². The summed E-state index contributed by atoms with van der Waals surface area (Å²) in [5.41, 5.74) is 1.15. The molecule has 0 aliphatic carbocycles. The van der Waals surface area contributed by atoms with Gasteiger partial charge < -0.3 is 14.8 Å². The number of nitrogens with one attached hydrogen (secondary N) is 1. The van der Waals surface area contributed by atoms with Crippen molar-refractivity contribution in [3.8, 4) is 17.6 Å². The third-order valence-corrected chi connectivity index (χ3v) is 5.81. The van der Waals surface area contributed by atoms with E-state index in [-0.39, 0.29) is 11.7 Å². The molecule has 3 heterocycles. The van der Waals surface area contributed by atoms with Crippen LogP contribution in [-0.2, 0) is 11.3 Å². The average molecular weight is 397 g/mol. The normalized spacial score (nSPS) is 12.6. The lowest BCUT2D eigenvalue weighted by Crippen LogP contribution is -2.24. The molecule has 0 atom stereocenters. The highest BCUT2D eigenvalue weighted by atomic mass is 32.2. The van der Waals surface area contributed by atoms with Gasteiger partial charge in [0, 0.05) is 16.3 Å². The zero-order valence-corrected chi connectivity index (χ0v) is 15.9. The Bertz CT molecular complexity index is 1030. The highest BCUT2D eigenvalue weighted by molar-refractivity contribution is 8.00. The maximum Gasteiger partial charge on any atom is 0.230 e. The number of pyridine rings is 1. The number of thioether (sulfide) groups is 1. The lowest BCUT2D eigenvalue weighted by atomic mass is 10.1. The molecule has 0 saturated carbocycles. The lowest BCUT2D eigenvalue weighted by molar-refractivity contribution is -0.118. The molecule has 0 saturated heterocycles. The number of hydrogen-bond donors (Lipinski definition) is 1. The summed E-state index contributed by atoms with van der Waals surface area (Å²) in [5, 5.41) is 15.6. The van der Waals surface area contributed by atoms with E-state index in [1.807, 2.05) is 29.6 Å². The van der Waals surface area contributed by atoms with E-state index in [0.717, 1.165) is 10.3 Å². The second-order valence-electron chi connectivity index (χ2n) is 5.79. The van der Waals surface area contributed by atoms with Gasteiger partial charge >= 0.3 is 0 Å². The van der Waals surface area contributed by atoms with Crippen LogP contribution in [0, 0.1) is 11.3 Å². The topological polar surface area (TPSA) is 84.2 Å². The molecule has 1 N–H and O–H groups in total. The first-order valence-electron chi connectivity index (χ1n) is 8.29. The van der Waals surface area contributed by atoms with Crippen LogP contribution in [0.25, 0.3) is 10.9 Å². The fraction of sp³-hybridized carbons (Fsp3) is 0.211. The van der Waals surface area contributed by atoms with Crippen LogP contribution >= 0.6 is 23.1 Å². The number of fused-ring (bicyclic) bond motifs is 2. The molecule has 0 radical (unpaired) electrons. The van der Waals surface area contributed by atoms with E-state index in [4.69, 9.17) is 9.47 Å². The monoisotopic (exact) mass is 397 g/mol. The van der Waals surface area contributed by atoms with Crippen LogP contribution < -0.4 is 14.8 Å². The Hall–Kier alpha value is -2.76. The number of rotatable bonds is 5. The number of aromatic nitrogens is 1. The molecule has 136 valence electrons. The van der Waals surface area contributed by atoms with Crippen LogP contribution in [0.5, 0.6) is 11.5 Å². The van der Waals surface area contributed by atoms with Crippen LogP contribution in [-0.4, -0.2) is 29.9 Å². The largest absolute Gasteiger partial charge is 0.486 e. The van der Waals surface area contributed by atoms with E-state index in [2.05, 4.69) is 16.4 Å². The third-order valence-electron chi connectivity index (χ3n) is 3.94. The van der Waals surface area contributed by atoms with Crippen molar-refractivity contribution in [3.05, 3.63) is 46.2 Å². The summed E-state index contributed by atoms with van der Waals surface area (Å²) in [7, 11) is 0. The van der Waals surface area contributed by atoms with Gasteiger partial charge in [0.15, 0.2) is 11.5 Å². The van der Waals surface area contributed by atoms with E-state index in [1.54, 1.807) is 17.4 Å². The van der Waals surface area contributed by atoms with Crippen molar-refractivity contribution in [2.24, 2.45) is 0 Å². The van der Waals surface area contributed by atoms with Crippen molar-refractivity contribution < 1.29 is 14.3 Å². The number of ether oxygens (including phenoxy) is 2. The minimum absolute atomic E-state index is 0.0960. The second-order valence-corrected chi connectivity index (χ2v) is 7.78. The van der Waals surface area contributed by atoms with Gasteiger partial charge in [0.2, 0.25) is 5.91 Å². The van der Waals surface area contributed by atoms with Crippen molar-refractivity contribution in [2.75, 3.05) is 19.0 Å². The Morgan fingerprint density at radius 1 is 1.30 bits per heavy atom. The number of nitriles is 1. The van der Waals surface area contributed by atoms with Gasteiger partial charge in [0.1, 0.15) is 24.3 Å². The lowest BCUT2D eigenvalue weighted by Gasteiger charge is -2.18. The predicted octanol–water partition coefficient (Wildman–Crippen LogP) is 3.35. The molecule has 2 aromatic heterocycles. The van der Waals surface area contributed by atoms with Gasteiger partial charge in [-0.25, -0.2) is 4.98 Å². The number of nitrogens with zero attached hydrogens (tertiary/aromatic N) is 2. The molecule has 0 bridgehead atoms. The molecule has 0 unspecified atom stereocenters. The smallest absolute Gasteiger partial charge is 0.230 e. The van der Waals surface area contributed by atoms with E-state index in [0.29, 0.717) is 47.4 Å². The Morgan fingerprint density at radius 2 is 2.11 bits per heavy atom. The van der Waals surface area contributed by atoms with Crippen LogP contribution in [0.4, 0.5) is 0 Å². The molecule has 1 aliphatic heterocycles. The number of benzene rings is 1. The summed E-state index contributed by atoms with van der Waals surface area (Å²) < 4.78 is 11.2. The van der Waals surface area contributed by atoms with Gasteiger partial charge in [-0.1, -0.05) is 17.8 Å². The first-order valence-corrected chi connectivity index (χ1v) is 10.2. The number of carbonyl (C=O) groups is 1. The minimum atomic E-state index is -0.0960. The first-order chi connectivity index (χ1) is 13.2. The van der Waals surface area contributed by atoms with E-state index >= 15 is 0 Å². The Morgan fingerprint density at radius 3 is 2.85 bits per heavy atom. The van der Waals surface area contributed by atoms with Gasteiger partial charge in [-0.3, -0.25) is 4.79 Å². The highest BCUT2D eigenvalue weighted by Gasteiger charge is 2.16. The first kappa shape index (κ1) is 17.6. The van der Waals surface area contributed by atoms with Crippen molar-refractivity contribution in [1.29, 1.82) is 5.26 Å². The van der Waals surface area contributed by atoms with Gasteiger partial charge in [0.25, 0.3) is 0 Å². The number of thiophene rings is 1. The van der Waals surface area contributed by atoms with E-state index in [1.165, 1.54) is 11.8 Å². The SMILES string of the molecule is N#Cc1cc2cc3c(cc2nc1SCC(=O)NCc1cccs1)OCCO3. The van der Waals surface area contributed by atoms with Crippen LogP contribution in [0.1, 0.15) is 10.4 Å². The van der Waals surface area contributed by atoms with E-state index < -0.39 is 0 Å². The summed E-state index contributed by atoms with van der Waals surface area (Å²) in [6.45, 7) is 1.52. The van der Waals surface area contributed by atoms with Gasteiger partial charge in [-0.15, -0.1) is 11.3 Å². The molecule has 27 heavy (non-hydrogen) atoms. The third kappa shape index (κ3) is 3.99. The number of carbonyl (C=O) groups excluding carboxylic acids is 1. The molecule has 4 rings (SSSR count). The summed E-state index contributed by atoms with van der Waals surface area (Å²) in [6, 6.07) is 11.5. The van der Waals surface area contributed by atoms with Crippen molar-refractivity contribution in [3.63, 3.8) is 0 Å². The average Bonchev–Trinajstić information content (AvgIpc) is 3.22. The van der Waals surface area contributed by atoms with Gasteiger partial charge in [-0.2, -0.15) is 5.26 Å². The molecule has 8 heteroatoms. The molecule has 0 spiro atoms. The molecule has 1 amide bonds. The Kier molecular flexibility index (Phi) is 5.14. The van der Waals surface area contributed by atoms with Crippen molar-refractivity contribution >= 4 is 39.9 Å². The van der Waals surface area contributed by atoms with Crippen LogP contribution in [0.2, 0.25) is 0 Å². The number of amides is 1. The zero-order chi connectivity index (χ0) is 18.6.